The van der Waals surface area contributed by atoms with Crippen molar-refractivity contribution in [3.05, 3.63) is 89.5 Å². The number of nitrogens with zero attached hydrogens (tertiary/aromatic N) is 1. The minimum absolute atomic E-state index is 0.174. The lowest BCUT2D eigenvalue weighted by Gasteiger charge is -2.14. The molecule has 7 nitrogen and oxygen atoms in total. The molecule has 0 aromatic heterocycles. The molecule has 3 aromatic rings. The van der Waals surface area contributed by atoms with Crippen LogP contribution >= 0.6 is 11.8 Å². The summed E-state index contributed by atoms with van der Waals surface area (Å²) in [6.45, 7) is 5.20. The Morgan fingerprint density at radius 1 is 1.03 bits per heavy atom. The lowest BCUT2D eigenvalue weighted by Crippen LogP contribution is -2.32. The van der Waals surface area contributed by atoms with Crippen LogP contribution in [0.25, 0.3) is 11.1 Å². The third kappa shape index (κ3) is 8.72. The van der Waals surface area contributed by atoms with Crippen molar-refractivity contribution in [2.24, 2.45) is 0 Å². The highest BCUT2D eigenvalue weighted by Crippen LogP contribution is 2.32. The maximum absolute atomic E-state index is 12.6. The van der Waals surface area contributed by atoms with Crippen LogP contribution in [0.5, 0.6) is 0 Å². The van der Waals surface area contributed by atoms with E-state index >= 15 is 0 Å². The highest BCUT2D eigenvalue weighted by atomic mass is 32.2. The first kappa shape index (κ1) is 28.4. The number of carbonyl (C=O) groups excluding carboxylic acids is 1. The summed E-state index contributed by atoms with van der Waals surface area (Å²) in [6, 6.07) is 24.5. The summed E-state index contributed by atoms with van der Waals surface area (Å²) in [6.07, 6.45) is 0.268. The van der Waals surface area contributed by atoms with Gasteiger partial charge in [0.15, 0.2) is 5.75 Å². The number of aliphatic hydroxyl groups excluding tert-OH is 1. The molecular formula is C28H31N3O4S2. The zero-order valence-corrected chi connectivity index (χ0v) is 22.5. The fourth-order valence-corrected chi connectivity index (χ4v) is 5.31. The first-order valence-electron chi connectivity index (χ1n) is 11.9. The Bertz CT molecular complexity index is 1340. The second kappa shape index (κ2) is 13.4. The number of carbonyl (C=O) groups is 1. The smallest absolute Gasteiger partial charge is 0.265 e. The first-order valence-corrected chi connectivity index (χ1v) is 14.5. The van der Waals surface area contributed by atoms with Crippen LogP contribution in [0.1, 0.15) is 41.4 Å². The molecule has 37 heavy (non-hydrogen) atoms. The summed E-state index contributed by atoms with van der Waals surface area (Å²) in [5, 5.41) is 22.4. The van der Waals surface area contributed by atoms with Crippen LogP contribution in [-0.4, -0.2) is 43.5 Å². The molecule has 1 amide bonds. The normalized spacial score (nSPS) is 12.2. The molecule has 3 aromatic carbocycles. The van der Waals surface area contributed by atoms with Crippen molar-refractivity contribution >= 4 is 27.7 Å². The Balaban J connectivity index is 1.65. The van der Waals surface area contributed by atoms with E-state index in [1.807, 2.05) is 67.1 Å². The number of rotatable bonds is 12. The molecule has 0 unspecified atom stereocenters. The second-order valence-corrected chi connectivity index (χ2v) is 12.1. The molecule has 3 N–H and O–H groups in total. The van der Waals surface area contributed by atoms with E-state index in [1.54, 1.807) is 18.2 Å². The summed E-state index contributed by atoms with van der Waals surface area (Å²) in [7, 11) is -4.01. The van der Waals surface area contributed by atoms with Gasteiger partial charge in [0.05, 0.1) is 17.7 Å². The average molecular weight is 538 g/mol. The summed E-state index contributed by atoms with van der Waals surface area (Å²) in [5.41, 5.74) is 4.19. The second-order valence-electron chi connectivity index (χ2n) is 8.80. The first-order chi connectivity index (χ1) is 17.7. The quantitative estimate of drug-likeness (QED) is 0.233. The van der Waals surface area contributed by atoms with Crippen LogP contribution in [0, 0.1) is 11.3 Å². The third-order valence-electron chi connectivity index (χ3n) is 5.49. The molecule has 0 radical (unpaired) electrons. The summed E-state index contributed by atoms with van der Waals surface area (Å²) >= 11 is 1.47. The molecule has 0 aliphatic carbocycles. The van der Waals surface area contributed by atoms with Crippen molar-refractivity contribution in [2.75, 3.05) is 18.8 Å². The van der Waals surface area contributed by atoms with E-state index in [0.29, 0.717) is 11.4 Å². The van der Waals surface area contributed by atoms with Crippen molar-refractivity contribution in [3.8, 4) is 17.2 Å². The molecule has 0 heterocycles. The predicted molar refractivity (Wildman–Crippen MR) is 148 cm³/mol. The number of sulfonamides is 1. The summed E-state index contributed by atoms with van der Waals surface area (Å²) < 4.78 is 25.7. The van der Waals surface area contributed by atoms with E-state index in [-0.39, 0.29) is 10.8 Å². The van der Waals surface area contributed by atoms with Gasteiger partial charge in [-0.3, -0.25) is 4.79 Å². The number of hydrogen-bond donors (Lipinski definition) is 3. The molecule has 3 rings (SSSR count). The van der Waals surface area contributed by atoms with Crippen LogP contribution in [-0.2, 0) is 16.4 Å². The van der Waals surface area contributed by atoms with Crippen LogP contribution < -0.4 is 10.0 Å². The largest absolute Gasteiger partial charge is 0.387 e. The van der Waals surface area contributed by atoms with Crippen molar-refractivity contribution < 1.29 is 18.3 Å². The van der Waals surface area contributed by atoms with Crippen molar-refractivity contribution in [2.45, 2.75) is 36.5 Å². The molecule has 0 saturated heterocycles. The molecule has 0 saturated carbocycles. The number of amides is 1. The molecule has 194 valence electrons. The summed E-state index contributed by atoms with van der Waals surface area (Å²) in [4.78, 5) is 13.3. The number of aliphatic hydroxyl groups is 1. The van der Waals surface area contributed by atoms with Crippen molar-refractivity contribution in [1.29, 1.82) is 5.26 Å². The van der Waals surface area contributed by atoms with Gasteiger partial charge in [-0.2, -0.15) is 5.26 Å². The molecule has 0 spiro atoms. The average Bonchev–Trinajstić information content (AvgIpc) is 2.86. The lowest BCUT2D eigenvalue weighted by molar-refractivity contribution is 0.0978. The molecule has 1 atom stereocenters. The van der Waals surface area contributed by atoms with Gasteiger partial charge in [0.25, 0.3) is 5.91 Å². The molecule has 0 aliphatic heterocycles. The highest BCUT2D eigenvalue weighted by molar-refractivity contribution is 8.00. The Morgan fingerprint density at radius 2 is 1.70 bits per heavy atom. The Morgan fingerprint density at radius 3 is 2.35 bits per heavy atom. The van der Waals surface area contributed by atoms with Gasteiger partial charge < -0.3 is 10.4 Å². The molecular weight excluding hydrogens is 506 g/mol. The number of benzene rings is 3. The number of nitrogens with one attached hydrogen (secondary N) is 2. The summed E-state index contributed by atoms with van der Waals surface area (Å²) in [5.74, 6) is -1.52. The molecule has 0 aliphatic rings. The van der Waals surface area contributed by atoms with Gasteiger partial charge in [-0.1, -0.05) is 74.5 Å². The fraction of sp³-hybridized carbons (Fsp3) is 0.286. The van der Waals surface area contributed by atoms with Gasteiger partial charge in [0, 0.05) is 16.7 Å². The van der Waals surface area contributed by atoms with E-state index in [2.05, 4.69) is 17.4 Å². The fourth-order valence-electron chi connectivity index (χ4n) is 3.69. The van der Waals surface area contributed by atoms with Gasteiger partial charge in [-0.15, -0.1) is 11.8 Å². The Kier molecular flexibility index (Phi) is 10.3. The molecule has 9 heteroatoms. The van der Waals surface area contributed by atoms with Crippen LogP contribution in [0.3, 0.4) is 0 Å². The third-order valence-corrected chi connectivity index (χ3v) is 7.56. The predicted octanol–water partition coefficient (Wildman–Crippen LogP) is 4.30. The van der Waals surface area contributed by atoms with Gasteiger partial charge in [0.1, 0.15) is 0 Å². The molecule has 0 fully saturated rings. The van der Waals surface area contributed by atoms with Crippen LogP contribution in [0.4, 0.5) is 0 Å². The van der Waals surface area contributed by atoms with E-state index in [1.165, 1.54) is 11.8 Å². The highest BCUT2D eigenvalue weighted by Gasteiger charge is 2.20. The van der Waals surface area contributed by atoms with Crippen LogP contribution in [0.2, 0.25) is 0 Å². The van der Waals surface area contributed by atoms with E-state index < -0.39 is 27.8 Å². The van der Waals surface area contributed by atoms with Gasteiger partial charge in [-0.25, -0.2) is 13.1 Å². The van der Waals surface area contributed by atoms with Gasteiger partial charge >= 0.3 is 0 Å². The van der Waals surface area contributed by atoms with E-state index in [4.69, 9.17) is 5.26 Å². The Labute approximate surface area is 223 Å². The van der Waals surface area contributed by atoms with Crippen LogP contribution in [0.15, 0.2) is 77.7 Å². The monoisotopic (exact) mass is 537 g/mol. The van der Waals surface area contributed by atoms with Gasteiger partial charge in [-0.05, 0) is 47.4 Å². The number of thioether (sulfide) groups is 1. The maximum atomic E-state index is 12.6. The minimum atomic E-state index is -4.01. The van der Waals surface area contributed by atoms with Crippen molar-refractivity contribution in [3.63, 3.8) is 0 Å². The number of hydrogen-bond acceptors (Lipinski definition) is 7. The zero-order valence-electron chi connectivity index (χ0n) is 20.8. The number of nitriles is 1. The Hall–Kier alpha value is -3.16. The molecule has 0 bridgehead atoms. The topological polar surface area (TPSA) is 119 Å². The van der Waals surface area contributed by atoms with E-state index in [9.17, 15) is 18.3 Å². The van der Waals surface area contributed by atoms with E-state index in [0.717, 1.165) is 35.2 Å². The van der Waals surface area contributed by atoms with Crippen molar-refractivity contribution in [1.82, 2.24) is 10.0 Å². The zero-order chi connectivity index (χ0) is 26.8. The minimum Gasteiger partial charge on any atom is -0.387 e. The standard InChI is InChI=1S/C28H31N3O4S2/c1-20(2)36-27-18-24(12-13-25(27)28(33)31-37(34,35)17-15-29)22-10-8-21(9-11-22)14-16-30-19-26(32)23-6-4-3-5-7-23/h3-13,18,20,26,30,32H,14,16-17,19H2,1-2H3,(H,31,33)/t26-/m1/s1. The van der Waals surface area contributed by atoms with Gasteiger partial charge in [0.2, 0.25) is 10.0 Å². The lowest BCUT2D eigenvalue weighted by atomic mass is 10.0. The maximum Gasteiger partial charge on any atom is 0.265 e. The SMILES string of the molecule is CC(C)Sc1cc(-c2ccc(CCNC[C@@H](O)c3ccccc3)cc2)ccc1C(=O)NS(=O)(=O)CC#N.